The van der Waals surface area contributed by atoms with Crippen LogP contribution in [0.3, 0.4) is 0 Å². The van der Waals surface area contributed by atoms with E-state index in [0.717, 1.165) is 5.69 Å². The molecule has 0 aliphatic carbocycles. The number of nitrogens with one attached hydrogen (secondary N) is 3. The minimum atomic E-state index is -4.23. The summed E-state index contributed by atoms with van der Waals surface area (Å²) in [5.74, 6) is 0.332. The summed E-state index contributed by atoms with van der Waals surface area (Å²) in [5, 5.41) is 9.67. The van der Waals surface area contributed by atoms with Crippen molar-refractivity contribution in [2.45, 2.75) is 37.4 Å². The number of para-hydroxylation sites is 2. The molecule has 4 rings (SSSR count). The van der Waals surface area contributed by atoms with Crippen LogP contribution in [-0.2, 0) is 14.8 Å². The number of sulfonamides is 1. The van der Waals surface area contributed by atoms with Crippen LogP contribution in [0.4, 0.5) is 17.1 Å². The molecule has 0 saturated heterocycles. The third-order valence-electron chi connectivity index (χ3n) is 6.33. The van der Waals surface area contributed by atoms with E-state index in [1.165, 1.54) is 18.2 Å². The standard InChI is InChI=1S/C29H34ClN5O5S/c1-19(2)40-16-8-15-31-29(36)20-9-7-10-22(17-20)41(37,38)34-27-28(33-25-18-21(39-4)13-14-23(25)30)35(3)26-12-6-5-11-24(26)32-27/h5-7,9-14,17-19,28,33H,8,15-16H2,1-4H3,(H,31,36)(H,32,34). The zero-order valence-electron chi connectivity index (χ0n) is 23.3. The highest BCUT2D eigenvalue weighted by molar-refractivity contribution is 7.90. The molecule has 41 heavy (non-hydrogen) atoms. The Kier molecular flexibility index (Phi) is 9.74. The number of amides is 1. The van der Waals surface area contributed by atoms with Gasteiger partial charge in [-0.15, -0.1) is 4.40 Å². The lowest BCUT2D eigenvalue weighted by atomic mass is 10.1. The maximum atomic E-state index is 13.6. The molecule has 1 aliphatic heterocycles. The van der Waals surface area contributed by atoms with Gasteiger partial charge in [0, 0.05) is 31.8 Å². The Morgan fingerprint density at radius 2 is 1.90 bits per heavy atom. The number of rotatable bonds is 11. The maximum Gasteiger partial charge on any atom is 0.284 e. The van der Waals surface area contributed by atoms with Gasteiger partial charge in [0.05, 0.1) is 40.2 Å². The van der Waals surface area contributed by atoms with Gasteiger partial charge in [0.2, 0.25) is 0 Å². The number of anilines is 3. The fraction of sp³-hybridized carbons (Fsp3) is 0.310. The first-order valence-electron chi connectivity index (χ1n) is 13.1. The van der Waals surface area contributed by atoms with E-state index in [4.69, 9.17) is 21.1 Å². The number of carbonyl (C=O) groups excluding carboxylic acids is 1. The van der Waals surface area contributed by atoms with Gasteiger partial charge in [0.15, 0.2) is 12.0 Å². The largest absolute Gasteiger partial charge is 0.497 e. The van der Waals surface area contributed by atoms with Crippen LogP contribution in [0.5, 0.6) is 5.75 Å². The molecular formula is C29H34ClN5O5S. The van der Waals surface area contributed by atoms with Crippen LogP contribution >= 0.6 is 11.6 Å². The molecule has 1 aliphatic rings. The third kappa shape index (κ3) is 7.49. The summed E-state index contributed by atoms with van der Waals surface area (Å²) in [6.45, 7) is 4.81. The predicted molar refractivity (Wildman–Crippen MR) is 163 cm³/mol. The Hall–Kier alpha value is -3.80. The van der Waals surface area contributed by atoms with Crippen molar-refractivity contribution in [3.05, 3.63) is 77.3 Å². The summed E-state index contributed by atoms with van der Waals surface area (Å²) < 4.78 is 42.1. The molecule has 0 bridgehead atoms. The van der Waals surface area contributed by atoms with E-state index in [0.29, 0.717) is 41.7 Å². The topological polar surface area (TPSA) is 121 Å². The van der Waals surface area contributed by atoms with Crippen LogP contribution in [0.15, 0.2) is 76.0 Å². The molecule has 1 heterocycles. The van der Waals surface area contributed by atoms with Gasteiger partial charge in [-0.3, -0.25) is 4.79 Å². The summed E-state index contributed by atoms with van der Waals surface area (Å²) in [4.78, 5) is 14.5. The van der Waals surface area contributed by atoms with Crippen molar-refractivity contribution in [1.82, 2.24) is 5.32 Å². The second kappa shape index (κ2) is 13.2. The molecule has 1 unspecified atom stereocenters. The van der Waals surface area contributed by atoms with E-state index in [9.17, 15) is 13.2 Å². The molecule has 1 amide bonds. The highest BCUT2D eigenvalue weighted by atomic mass is 35.5. The minimum absolute atomic E-state index is 0.109. The fourth-order valence-corrected chi connectivity index (χ4v) is 5.43. The van der Waals surface area contributed by atoms with Crippen molar-refractivity contribution < 1.29 is 22.7 Å². The molecule has 3 aromatic rings. The summed E-state index contributed by atoms with van der Waals surface area (Å²) >= 11 is 6.45. The molecule has 1 atom stereocenters. The summed E-state index contributed by atoms with van der Waals surface area (Å²) in [5.41, 5.74) is 2.27. The molecule has 0 fully saturated rings. The predicted octanol–water partition coefficient (Wildman–Crippen LogP) is 4.98. The van der Waals surface area contributed by atoms with Gasteiger partial charge in [-0.1, -0.05) is 29.8 Å². The van der Waals surface area contributed by atoms with E-state index < -0.39 is 16.2 Å². The number of hydrogen-bond acceptors (Lipinski definition) is 7. The summed E-state index contributed by atoms with van der Waals surface area (Å²) in [7, 11) is -0.855. The van der Waals surface area contributed by atoms with Gasteiger partial charge in [0.25, 0.3) is 15.9 Å². The van der Waals surface area contributed by atoms with Crippen LogP contribution in [-0.4, -0.2) is 59.7 Å². The van der Waals surface area contributed by atoms with Crippen molar-refractivity contribution in [2.75, 3.05) is 42.8 Å². The van der Waals surface area contributed by atoms with Crippen molar-refractivity contribution >= 4 is 50.4 Å². The van der Waals surface area contributed by atoms with Gasteiger partial charge in [0.1, 0.15) is 5.75 Å². The van der Waals surface area contributed by atoms with Gasteiger partial charge >= 0.3 is 0 Å². The molecule has 0 radical (unpaired) electrons. The van der Waals surface area contributed by atoms with Crippen molar-refractivity contribution in [3.8, 4) is 5.75 Å². The molecule has 218 valence electrons. The van der Waals surface area contributed by atoms with Crippen LogP contribution in [0, 0.1) is 0 Å². The van der Waals surface area contributed by atoms with E-state index in [-0.39, 0.29) is 28.3 Å². The monoisotopic (exact) mass is 599 g/mol. The first kappa shape index (κ1) is 30.2. The van der Waals surface area contributed by atoms with Gasteiger partial charge < -0.3 is 30.3 Å². The average Bonchev–Trinajstić information content (AvgIpc) is 2.95. The van der Waals surface area contributed by atoms with Crippen LogP contribution < -0.4 is 25.6 Å². The number of carbonyl (C=O) groups is 1. The molecule has 12 heteroatoms. The van der Waals surface area contributed by atoms with E-state index in [2.05, 4.69) is 20.3 Å². The third-order valence-corrected chi connectivity index (χ3v) is 7.95. The van der Waals surface area contributed by atoms with Gasteiger partial charge in [-0.05, 0) is 62.7 Å². The van der Waals surface area contributed by atoms with E-state index in [1.807, 2.05) is 50.1 Å². The average molecular weight is 600 g/mol. The molecule has 3 N–H and O–H groups in total. The Bertz CT molecular complexity index is 1530. The lowest BCUT2D eigenvalue weighted by Gasteiger charge is -2.38. The summed E-state index contributed by atoms with van der Waals surface area (Å²) in [6, 6.07) is 18.4. The molecular weight excluding hydrogens is 566 g/mol. The number of methoxy groups -OCH3 is 1. The van der Waals surface area contributed by atoms with Crippen LogP contribution in [0.1, 0.15) is 30.6 Å². The maximum absolute atomic E-state index is 13.6. The second-order valence-electron chi connectivity index (χ2n) is 9.65. The van der Waals surface area contributed by atoms with E-state index in [1.54, 1.807) is 31.4 Å². The van der Waals surface area contributed by atoms with Crippen LogP contribution in [0.25, 0.3) is 0 Å². The van der Waals surface area contributed by atoms with Crippen molar-refractivity contribution in [2.24, 2.45) is 4.40 Å². The highest BCUT2D eigenvalue weighted by Gasteiger charge is 2.31. The van der Waals surface area contributed by atoms with Gasteiger partial charge in [-0.25, -0.2) is 0 Å². The smallest absolute Gasteiger partial charge is 0.284 e. The Morgan fingerprint density at radius 1 is 1.12 bits per heavy atom. The number of halogens is 1. The number of nitrogens with zero attached hydrogens (tertiary/aromatic N) is 2. The van der Waals surface area contributed by atoms with Crippen molar-refractivity contribution in [3.63, 3.8) is 0 Å². The molecule has 0 aromatic heterocycles. The quantitative estimate of drug-likeness (QED) is 0.264. The first-order valence-corrected chi connectivity index (χ1v) is 14.9. The van der Waals surface area contributed by atoms with Crippen LogP contribution in [0.2, 0.25) is 5.02 Å². The second-order valence-corrected chi connectivity index (χ2v) is 11.7. The van der Waals surface area contributed by atoms with E-state index >= 15 is 0 Å². The van der Waals surface area contributed by atoms with Gasteiger partial charge in [-0.2, -0.15) is 8.42 Å². The molecule has 10 nitrogen and oxygen atoms in total. The summed E-state index contributed by atoms with van der Waals surface area (Å²) in [6.07, 6.45) is 0.0225. The highest BCUT2D eigenvalue weighted by Crippen LogP contribution is 2.34. The molecule has 0 spiro atoms. The lowest BCUT2D eigenvalue weighted by molar-refractivity contribution is 0.0757. The number of ether oxygens (including phenoxy) is 2. The molecule has 3 aromatic carbocycles. The normalized spacial score (nSPS) is 15.8. The Labute approximate surface area is 245 Å². The zero-order valence-corrected chi connectivity index (χ0v) is 24.9. The number of hydrogen-bond donors (Lipinski definition) is 3. The Balaban J connectivity index is 1.62. The molecule has 0 saturated carbocycles. The lowest BCUT2D eigenvalue weighted by Crippen LogP contribution is -2.51. The number of amidine groups is 1. The SMILES string of the molecule is COc1ccc(Cl)c(NC2C(=NS(=O)(=O)c3cccc(C(=O)NCCCOC(C)C)c3)Nc3ccccc3N2C)c1. The number of likely N-dealkylation sites (N-methyl/N-ethyl adjacent to an activating group) is 1. The first-order chi connectivity index (χ1) is 19.6. The zero-order chi connectivity index (χ0) is 29.6. The minimum Gasteiger partial charge on any atom is -0.497 e. The fourth-order valence-electron chi connectivity index (χ4n) is 4.22. The number of fused-ring (bicyclic) bond motifs is 1. The van der Waals surface area contributed by atoms with Crippen molar-refractivity contribution in [1.29, 1.82) is 0 Å². The number of benzene rings is 3. The Morgan fingerprint density at radius 3 is 2.66 bits per heavy atom.